The van der Waals surface area contributed by atoms with Gasteiger partial charge in [0.1, 0.15) is 0 Å². The summed E-state index contributed by atoms with van der Waals surface area (Å²) in [5, 5.41) is 14.0. The van der Waals surface area contributed by atoms with Crippen LogP contribution < -0.4 is 5.32 Å². The van der Waals surface area contributed by atoms with Crippen LogP contribution in [0.5, 0.6) is 0 Å². The van der Waals surface area contributed by atoms with Gasteiger partial charge in [0.25, 0.3) is 0 Å². The minimum absolute atomic E-state index is 0.0851. The Morgan fingerprint density at radius 2 is 1.82 bits per heavy atom. The number of aliphatic hydroxyl groups is 1. The Morgan fingerprint density at radius 3 is 2.57 bits per heavy atom. The molecule has 1 unspecified atom stereocenters. The summed E-state index contributed by atoms with van der Waals surface area (Å²) in [6.45, 7) is 3.17. The number of likely N-dealkylation sites (tertiary alicyclic amines) is 1. The van der Waals surface area contributed by atoms with Gasteiger partial charge in [-0.05, 0) is 19.3 Å². The Hall–Kier alpha value is -1.44. The molecule has 2 N–H and O–H groups in total. The van der Waals surface area contributed by atoms with E-state index in [0.717, 1.165) is 19.4 Å². The second kappa shape index (κ2) is 7.43. The third kappa shape index (κ3) is 3.27. The number of amides is 2. The molecule has 154 valence electrons. The van der Waals surface area contributed by atoms with Crippen molar-refractivity contribution in [2.45, 2.75) is 56.5 Å². The van der Waals surface area contributed by atoms with Crippen molar-refractivity contribution in [3.63, 3.8) is 0 Å². The monoisotopic (exact) mass is 389 g/mol. The summed E-state index contributed by atoms with van der Waals surface area (Å²) in [4.78, 5) is 29.4. The number of rotatable bonds is 4. The van der Waals surface area contributed by atoms with Crippen LogP contribution in [0.15, 0.2) is 12.2 Å². The van der Waals surface area contributed by atoms with Gasteiger partial charge in [-0.2, -0.15) is 0 Å². The zero-order valence-corrected chi connectivity index (χ0v) is 16.3. The topological polar surface area (TPSA) is 82.1 Å². The molecule has 1 saturated carbocycles. The smallest absolute Gasteiger partial charge is 0.234 e. The van der Waals surface area contributed by atoms with E-state index in [1.165, 1.54) is 12.8 Å². The van der Waals surface area contributed by atoms with Gasteiger partial charge >= 0.3 is 0 Å². The zero-order chi connectivity index (χ0) is 19.3. The number of carbonyl (C=O) groups is 2. The lowest BCUT2D eigenvalue weighted by Crippen LogP contribution is -2.47. The van der Waals surface area contributed by atoms with Crippen LogP contribution in [0, 0.1) is 17.8 Å². The average Bonchev–Trinajstić information content (AvgIpc) is 3.44. The highest BCUT2D eigenvalue weighted by atomic mass is 16.5. The van der Waals surface area contributed by atoms with E-state index in [1.54, 1.807) is 0 Å². The van der Waals surface area contributed by atoms with Crippen molar-refractivity contribution in [2.75, 3.05) is 32.7 Å². The molecular formula is C21H31N3O4. The molecule has 0 spiro atoms. The Kier molecular flexibility index (Phi) is 4.93. The number of carbonyl (C=O) groups excluding carboxylic acids is 2. The number of nitrogens with zero attached hydrogens (tertiary/aromatic N) is 2. The van der Waals surface area contributed by atoms with E-state index in [2.05, 4.69) is 10.2 Å². The molecule has 4 heterocycles. The quantitative estimate of drug-likeness (QED) is 0.669. The van der Waals surface area contributed by atoms with Crippen LogP contribution >= 0.6 is 0 Å². The Balaban J connectivity index is 1.23. The molecule has 0 aromatic rings. The van der Waals surface area contributed by atoms with Gasteiger partial charge in [0, 0.05) is 44.1 Å². The van der Waals surface area contributed by atoms with Gasteiger partial charge < -0.3 is 20.1 Å². The molecule has 5 rings (SSSR count). The summed E-state index contributed by atoms with van der Waals surface area (Å²) >= 11 is 0. The Labute approximate surface area is 166 Å². The van der Waals surface area contributed by atoms with Crippen LogP contribution in [-0.2, 0) is 14.3 Å². The van der Waals surface area contributed by atoms with Crippen molar-refractivity contribution in [1.82, 2.24) is 15.1 Å². The van der Waals surface area contributed by atoms with Gasteiger partial charge in [-0.1, -0.05) is 25.0 Å². The number of nitrogens with one attached hydrogen (secondary N) is 1. The molecule has 2 amide bonds. The number of hydrogen-bond donors (Lipinski definition) is 2. The summed E-state index contributed by atoms with van der Waals surface area (Å²) in [7, 11) is 0. The van der Waals surface area contributed by atoms with E-state index >= 15 is 0 Å². The van der Waals surface area contributed by atoms with E-state index in [4.69, 9.17) is 4.74 Å². The number of aliphatic hydroxyl groups excluding tert-OH is 1. The highest BCUT2D eigenvalue weighted by Gasteiger charge is 2.58. The molecule has 4 fully saturated rings. The van der Waals surface area contributed by atoms with Gasteiger partial charge in [0.2, 0.25) is 11.8 Å². The molecule has 7 nitrogen and oxygen atoms in total. The Morgan fingerprint density at radius 1 is 1.11 bits per heavy atom. The van der Waals surface area contributed by atoms with E-state index in [1.807, 2.05) is 17.1 Å². The third-order valence-electron chi connectivity index (χ3n) is 7.48. The van der Waals surface area contributed by atoms with E-state index < -0.39 is 6.10 Å². The summed E-state index contributed by atoms with van der Waals surface area (Å²) in [5.41, 5.74) is 0. The van der Waals surface area contributed by atoms with Crippen molar-refractivity contribution in [1.29, 1.82) is 0 Å². The Bertz CT molecular complexity index is 654. The van der Waals surface area contributed by atoms with Gasteiger partial charge in [0.15, 0.2) is 0 Å². The minimum Gasteiger partial charge on any atom is -0.390 e. The van der Waals surface area contributed by atoms with Crippen molar-refractivity contribution in [3.8, 4) is 0 Å². The maximum Gasteiger partial charge on any atom is 0.234 e. The lowest BCUT2D eigenvalue weighted by atomic mass is 9.83. The van der Waals surface area contributed by atoms with Gasteiger partial charge in [-0.15, -0.1) is 0 Å². The number of fused-ring (bicyclic) bond motifs is 4. The molecule has 2 bridgehead atoms. The molecule has 5 aliphatic rings. The van der Waals surface area contributed by atoms with E-state index in [9.17, 15) is 14.7 Å². The summed E-state index contributed by atoms with van der Waals surface area (Å²) in [6.07, 6.45) is 8.33. The molecule has 3 saturated heterocycles. The summed E-state index contributed by atoms with van der Waals surface area (Å²) < 4.78 is 6.13. The average molecular weight is 389 g/mol. The van der Waals surface area contributed by atoms with E-state index in [0.29, 0.717) is 38.6 Å². The number of hydrogen-bond acceptors (Lipinski definition) is 5. The maximum absolute atomic E-state index is 13.0. The van der Waals surface area contributed by atoms with Crippen LogP contribution in [0.2, 0.25) is 0 Å². The molecule has 28 heavy (non-hydrogen) atoms. The van der Waals surface area contributed by atoms with E-state index in [-0.39, 0.29) is 41.8 Å². The molecule has 6 atom stereocenters. The normalized spacial score (nSPS) is 40.2. The van der Waals surface area contributed by atoms with Gasteiger partial charge in [-0.3, -0.25) is 14.5 Å². The molecule has 4 aliphatic heterocycles. The lowest BCUT2D eigenvalue weighted by Gasteiger charge is -2.36. The third-order valence-corrected chi connectivity index (χ3v) is 7.48. The molecule has 0 radical (unpaired) electrons. The largest absolute Gasteiger partial charge is 0.390 e. The minimum atomic E-state index is -0.543. The fourth-order valence-electron chi connectivity index (χ4n) is 6.09. The van der Waals surface area contributed by atoms with Crippen molar-refractivity contribution in [3.05, 3.63) is 12.2 Å². The first-order valence-electron chi connectivity index (χ1n) is 10.9. The predicted octanol–water partition coefficient (Wildman–Crippen LogP) is 0.140. The van der Waals surface area contributed by atoms with Gasteiger partial charge in [-0.25, -0.2) is 0 Å². The zero-order valence-electron chi connectivity index (χ0n) is 16.3. The first kappa shape index (κ1) is 18.6. The van der Waals surface area contributed by atoms with Crippen molar-refractivity contribution in [2.24, 2.45) is 17.8 Å². The SMILES string of the molecule is O=C(CN1C[C@H]2[C@H](O)[C@@H]3CC(C(=O)N4CC=CC4)[C@@H](O3)[C@H]2C1)NC1CCCC1. The second-order valence-corrected chi connectivity index (χ2v) is 9.26. The summed E-state index contributed by atoms with van der Waals surface area (Å²) in [6, 6.07) is 0.332. The molecule has 1 aliphatic carbocycles. The fraction of sp³-hybridized carbons (Fsp3) is 0.810. The van der Waals surface area contributed by atoms with Gasteiger partial charge in [0.05, 0.1) is 30.8 Å². The first-order chi connectivity index (χ1) is 13.6. The molecular weight excluding hydrogens is 358 g/mol. The molecule has 7 heteroatoms. The van der Waals surface area contributed by atoms with Crippen LogP contribution in [0.1, 0.15) is 32.1 Å². The first-order valence-corrected chi connectivity index (χ1v) is 10.9. The number of ether oxygens (including phenoxy) is 1. The summed E-state index contributed by atoms with van der Waals surface area (Å²) in [5.74, 6) is 0.293. The van der Waals surface area contributed by atoms with Crippen molar-refractivity contribution >= 4 is 11.8 Å². The van der Waals surface area contributed by atoms with Crippen LogP contribution in [0.4, 0.5) is 0 Å². The fourth-order valence-corrected chi connectivity index (χ4v) is 6.09. The molecule has 0 aromatic carbocycles. The predicted molar refractivity (Wildman–Crippen MR) is 102 cm³/mol. The lowest BCUT2D eigenvalue weighted by molar-refractivity contribution is -0.146. The standard InChI is InChI=1S/C21H31N3O4/c25-18(22-13-5-1-2-6-13)12-23-10-15-16(11-23)20-14(9-17(28-20)19(15)26)21(27)24-7-3-4-8-24/h3-4,13-17,19-20,26H,1-2,5-12H2,(H,22,25)/t14?,15-,16+,17+,19+,20-/m1/s1. The second-order valence-electron chi connectivity index (χ2n) is 9.26. The van der Waals surface area contributed by atoms with Crippen molar-refractivity contribution < 1.29 is 19.4 Å². The van der Waals surface area contributed by atoms with Crippen LogP contribution in [0.3, 0.4) is 0 Å². The highest BCUT2D eigenvalue weighted by molar-refractivity contribution is 5.81. The maximum atomic E-state index is 13.0. The molecule has 0 aromatic heterocycles. The highest BCUT2D eigenvalue weighted by Crippen LogP contribution is 2.47. The van der Waals surface area contributed by atoms with Crippen LogP contribution in [-0.4, -0.2) is 83.8 Å². The van der Waals surface area contributed by atoms with Crippen LogP contribution in [0.25, 0.3) is 0 Å².